The van der Waals surface area contributed by atoms with Crippen molar-refractivity contribution in [1.82, 2.24) is 9.88 Å². The van der Waals surface area contributed by atoms with Crippen LogP contribution in [0.1, 0.15) is 38.8 Å². The maximum absolute atomic E-state index is 12.1. The topological polar surface area (TPSA) is 55.6 Å². The zero-order valence-corrected chi connectivity index (χ0v) is 11.9. The predicted molar refractivity (Wildman–Crippen MR) is 68.8 cm³/mol. The van der Waals surface area contributed by atoms with Gasteiger partial charge in [-0.2, -0.15) is 0 Å². The molecule has 1 aliphatic carbocycles. The Morgan fingerprint density at radius 3 is 2.89 bits per heavy atom. The van der Waals surface area contributed by atoms with E-state index >= 15 is 0 Å². The average molecular weight is 264 g/mol. The second-order valence-electron chi connectivity index (χ2n) is 6.67. The highest BCUT2D eigenvalue weighted by Crippen LogP contribution is 2.58. The van der Waals surface area contributed by atoms with Crippen molar-refractivity contribution in [2.24, 2.45) is 5.92 Å². The fourth-order valence-corrected chi connectivity index (χ4v) is 2.94. The molecule has 2 atom stereocenters. The van der Waals surface area contributed by atoms with E-state index < -0.39 is 5.60 Å². The molecule has 5 heteroatoms. The van der Waals surface area contributed by atoms with Crippen molar-refractivity contribution < 1.29 is 13.9 Å². The third kappa shape index (κ3) is 2.11. The third-order valence-corrected chi connectivity index (χ3v) is 3.93. The summed E-state index contributed by atoms with van der Waals surface area (Å²) in [6.45, 7) is 8.97. The molecule has 2 heterocycles. The zero-order valence-electron chi connectivity index (χ0n) is 11.9. The van der Waals surface area contributed by atoms with Gasteiger partial charge >= 0.3 is 6.09 Å². The van der Waals surface area contributed by atoms with Crippen LogP contribution in [0.5, 0.6) is 0 Å². The van der Waals surface area contributed by atoms with Gasteiger partial charge in [0.1, 0.15) is 11.9 Å². The van der Waals surface area contributed by atoms with Crippen LogP contribution >= 0.6 is 0 Å². The van der Waals surface area contributed by atoms with Crippen LogP contribution in [0.25, 0.3) is 0 Å². The van der Waals surface area contributed by atoms with E-state index in [-0.39, 0.29) is 11.5 Å². The lowest BCUT2D eigenvalue weighted by molar-refractivity contribution is 0.0270. The summed E-state index contributed by atoms with van der Waals surface area (Å²) in [5.41, 5.74) is 0.567. The van der Waals surface area contributed by atoms with Crippen molar-refractivity contribution in [2.75, 3.05) is 13.1 Å². The number of hydrogen-bond donors (Lipinski definition) is 0. The number of hydrogen-bond acceptors (Lipinski definition) is 4. The van der Waals surface area contributed by atoms with Gasteiger partial charge in [-0.1, -0.05) is 0 Å². The Morgan fingerprint density at radius 1 is 1.58 bits per heavy atom. The number of oxazole rings is 1. The molecule has 1 saturated carbocycles. The van der Waals surface area contributed by atoms with Crippen molar-refractivity contribution in [3.05, 3.63) is 17.8 Å². The first-order valence-corrected chi connectivity index (χ1v) is 6.71. The van der Waals surface area contributed by atoms with Crippen LogP contribution in [0.4, 0.5) is 4.79 Å². The van der Waals surface area contributed by atoms with E-state index in [2.05, 4.69) is 4.98 Å². The molecule has 1 aromatic rings. The quantitative estimate of drug-likeness (QED) is 0.782. The number of rotatable bonds is 1. The van der Waals surface area contributed by atoms with Gasteiger partial charge in [-0.05, 0) is 33.1 Å². The van der Waals surface area contributed by atoms with Gasteiger partial charge in [0, 0.05) is 25.4 Å². The number of carbonyl (C=O) groups excluding carboxylic acids is 1. The minimum atomic E-state index is -0.443. The Morgan fingerprint density at radius 2 is 2.32 bits per heavy atom. The Hall–Kier alpha value is -1.52. The van der Waals surface area contributed by atoms with E-state index in [1.54, 1.807) is 11.2 Å². The predicted octanol–water partition coefficient (Wildman–Crippen LogP) is 2.49. The van der Waals surface area contributed by atoms with E-state index in [0.29, 0.717) is 18.4 Å². The van der Waals surface area contributed by atoms with Crippen molar-refractivity contribution in [3.8, 4) is 0 Å². The molecule has 0 bridgehead atoms. The highest BCUT2D eigenvalue weighted by molar-refractivity contribution is 5.69. The molecular weight excluding hydrogens is 244 g/mol. The van der Waals surface area contributed by atoms with E-state index in [4.69, 9.17) is 9.15 Å². The van der Waals surface area contributed by atoms with Gasteiger partial charge in [0.2, 0.25) is 0 Å². The second-order valence-corrected chi connectivity index (χ2v) is 6.67. The smallest absolute Gasteiger partial charge is 0.410 e. The zero-order chi connectivity index (χ0) is 13.8. The Bertz CT molecular complexity index is 517. The van der Waals surface area contributed by atoms with Gasteiger partial charge in [0.15, 0.2) is 5.89 Å². The number of nitrogens with zero attached hydrogens (tertiary/aromatic N) is 2. The summed E-state index contributed by atoms with van der Waals surface area (Å²) in [6.07, 6.45) is 2.60. The number of ether oxygens (including phenoxy) is 1. The highest BCUT2D eigenvalue weighted by atomic mass is 16.6. The standard InChI is InChI=1S/C14H20N2O3/c1-9-15-11(7-18-9)14-5-10(14)6-16(8-14)12(17)19-13(2,3)4/h7,10H,5-6,8H2,1-4H3. The number of fused-ring (bicyclic) bond motifs is 1. The van der Waals surface area contributed by atoms with E-state index in [9.17, 15) is 4.79 Å². The first kappa shape index (κ1) is 12.5. The summed E-state index contributed by atoms with van der Waals surface area (Å²) < 4.78 is 10.7. The fourth-order valence-electron chi connectivity index (χ4n) is 2.94. The molecule has 2 aliphatic rings. The van der Waals surface area contributed by atoms with Crippen molar-refractivity contribution >= 4 is 6.09 Å². The lowest BCUT2D eigenvalue weighted by atomic mass is 10.0. The van der Waals surface area contributed by atoms with Crippen LogP contribution in [-0.4, -0.2) is 34.7 Å². The molecule has 19 heavy (non-hydrogen) atoms. The molecule has 104 valence electrons. The first-order chi connectivity index (χ1) is 8.80. The summed E-state index contributed by atoms with van der Waals surface area (Å²) in [5, 5.41) is 0. The molecule has 2 fully saturated rings. The Balaban J connectivity index is 1.70. The molecule has 2 unspecified atom stereocenters. The molecule has 0 spiro atoms. The van der Waals surface area contributed by atoms with Gasteiger partial charge in [-0.15, -0.1) is 0 Å². The van der Waals surface area contributed by atoms with E-state index in [1.165, 1.54) is 0 Å². The summed E-state index contributed by atoms with van der Waals surface area (Å²) in [5.74, 6) is 1.19. The lowest BCUT2D eigenvalue weighted by Crippen LogP contribution is -2.37. The molecule has 1 aliphatic heterocycles. The third-order valence-electron chi connectivity index (χ3n) is 3.93. The van der Waals surface area contributed by atoms with Crippen LogP contribution in [-0.2, 0) is 10.2 Å². The van der Waals surface area contributed by atoms with Crippen LogP contribution < -0.4 is 0 Å². The Labute approximate surface area is 112 Å². The van der Waals surface area contributed by atoms with Gasteiger partial charge in [-0.25, -0.2) is 9.78 Å². The minimum Gasteiger partial charge on any atom is -0.449 e. The molecule has 0 aromatic carbocycles. The number of piperidine rings is 1. The Kier molecular flexibility index (Phi) is 2.46. The average Bonchev–Trinajstić information content (AvgIpc) is 2.68. The number of aromatic nitrogens is 1. The van der Waals surface area contributed by atoms with E-state index in [0.717, 1.165) is 18.7 Å². The monoisotopic (exact) mass is 264 g/mol. The molecule has 1 saturated heterocycles. The summed E-state index contributed by atoms with van der Waals surface area (Å²) in [7, 11) is 0. The molecule has 5 nitrogen and oxygen atoms in total. The SMILES string of the molecule is Cc1nc(C23CC2CN(C(=O)OC(C)(C)C)C3)co1. The van der Waals surface area contributed by atoms with Crippen molar-refractivity contribution in [3.63, 3.8) is 0 Å². The highest BCUT2D eigenvalue weighted by Gasteiger charge is 2.63. The summed E-state index contributed by atoms with van der Waals surface area (Å²) in [4.78, 5) is 18.3. The normalized spacial score (nSPS) is 29.3. The molecule has 0 radical (unpaired) electrons. The first-order valence-electron chi connectivity index (χ1n) is 6.71. The minimum absolute atomic E-state index is 0.0225. The van der Waals surface area contributed by atoms with E-state index in [1.807, 2.05) is 27.7 Å². The van der Waals surface area contributed by atoms with Gasteiger partial charge < -0.3 is 14.1 Å². The number of likely N-dealkylation sites (tertiary alicyclic amines) is 1. The second kappa shape index (κ2) is 3.74. The summed E-state index contributed by atoms with van der Waals surface area (Å²) in [6, 6.07) is 0. The largest absolute Gasteiger partial charge is 0.449 e. The van der Waals surface area contributed by atoms with Gasteiger partial charge in [-0.3, -0.25) is 0 Å². The van der Waals surface area contributed by atoms with Crippen LogP contribution in [0.2, 0.25) is 0 Å². The van der Waals surface area contributed by atoms with Gasteiger partial charge in [0.05, 0.1) is 5.69 Å². The fraction of sp³-hybridized carbons (Fsp3) is 0.714. The molecular formula is C14H20N2O3. The molecule has 1 amide bonds. The van der Waals surface area contributed by atoms with Crippen LogP contribution in [0, 0.1) is 12.8 Å². The van der Waals surface area contributed by atoms with Gasteiger partial charge in [0.25, 0.3) is 0 Å². The van der Waals surface area contributed by atoms with Crippen molar-refractivity contribution in [2.45, 2.75) is 45.1 Å². The number of amides is 1. The maximum atomic E-state index is 12.1. The van der Waals surface area contributed by atoms with Crippen molar-refractivity contribution in [1.29, 1.82) is 0 Å². The summed E-state index contributed by atoms with van der Waals surface area (Å²) >= 11 is 0. The molecule has 3 rings (SSSR count). The number of carbonyl (C=O) groups is 1. The number of aryl methyl sites for hydroxylation is 1. The molecule has 1 aromatic heterocycles. The molecule has 0 N–H and O–H groups in total. The van der Waals surface area contributed by atoms with Crippen LogP contribution in [0.3, 0.4) is 0 Å². The maximum Gasteiger partial charge on any atom is 0.410 e. The van der Waals surface area contributed by atoms with Crippen LogP contribution in [0.15, 0.2) is 10.7 Å². The lowest BCUT2D eigenvalue weighted by Gasteiger charge is -2.26.